The summed E-state index contributed by atoms with van der Waals surface area (Å²) in [6.07, 6.45) is -0.705. The molecule has 1 aromatic heterocycles. The van der Waals surface area contributed by atoms with Crippen LogP contribution in [0.5, 0.6) is 0 Å². The highest BCUT2D eigenvalue weighted by molar-refractivity contribution is 9.10. The molecule has 2 aromatic rings. The number of carbonyl (C=O) groups is 1. The van der Waals surface area contributed by atoms with Gasteiger partial charge < -0.3 is 9.84 Å². The largest absolute Gasteiger partial charge is 0.443 e. The van der Waals surface area contributed by atoms with Crippen molar-refractivity contribution in [2.75, 3.05) is 0 Å². The van der Waals surface area contributed by atoms with E-state index in [1.54, 1.807) is 0 Å². The normalized spacial score (nSPS) is 13.4. The summed E-state index contributed by atoms with van der Waals surface area (Å²) in [4.78, 5) is 12.5. The Hall–Kier alpha value is -1.33. The summed E-state index contributed by atoms with van der Waals surface area (Å²) in [5, 5.41) is 11.2. The molecule has 21 heavy (non-hydrogen) atoms. The van der Waals surface area contributed by atoms with E-state index in [0.29, 0.717) is 12.1 Å². The number of para-hydroxylation sites is 1. The van der Waals surface area contributed by atoms with Crippen LogP contribution in [0.15, 0.2) is 28.7 Å². The van der Waals surface area contributed by atoms with E-state index in [0.717, 1.165) is 15.4 Å². The van der Waals surface area contributed by atoms with Gasteiger partial charge in [-0.15, -0.1) is 0 Å². The molecule has 0 aliphatic heterocycles. The van der Waals surface area contributed by atoms with Gasteiger partial charge in [-0.3, -0.25) is 0 Å². The SMILES string of the molecule is CCC(O)c1c(Br)c2ccccc2n1C(=O)OC(C)(C)C. The summed E-state index contributed by atoms with van der Waals surface area (Å²) in [6.45, 7) is 7.33. The fraction of sp³-hybridized carbons (Fsp3) is 0.438. The van der Waals surface area contributed by atoms with Crippen molar-refractivity contribution < 1.29 is 14.6 Å². The van der Waals surface area contributed by atoms with Crippen LogP contribution in [0.4, 0.5) is 4.79 Å². The predicted molar refractivity (Wildman–Crippen MR) is 86.5 cm³/mol. The molecule has 0 radical (unpaired) electrons. The number of fused-ring (bicyclic) bond motifs is 1. The topological polar surface area (TPSA) is 51.5 Å². The van der Waals surface area contributed by atoms with Crippen molar-refractivity contribution >= 4 is 32.9 Å². The zero-order chi connectivity index (χ0) is 15.8. The smallest absolute Gasteiger partial charge is 0.419 e. The average molecular weight is 354 g/mol. The molecule has 2 rings (SSSR count). The molecule has 0 aliphatic rings. The van der Waals surface area contributed by atoms with Gasteiger partial charge in [-0.05, 0) is 49.2 Å². The third kappa shape index (κ3) is 3.14. The number of aliphatic hydroxyl groups excluding tert-OH is 1. The van der Waals surface area contributed by atoms with Crippen molar-refractivity contribution in [1.29, 1.82) is 0 Å². The lowest BCUT2D eigenvalue weighted by molar-refractivity contribution is 0.0520. The van der Waals surface area contributed by atoms with Gasteiger partial charge in [-0.2, -0.15) is 0 Å². The molecule has 1 aromatic carbocycles. The Labute approximate surface area is 132 Å². The van der Waals surface area contributed by atoms with Gasteiger partial charge in [-0.1, -0.05) is 25.1 Å². The molecule has 0 spiro atoms. The first-order chi connectivity index (χ1) is 9.76. The Balaban J connectivity index is 2.67. The number of benzene rings is 1. The van der Waals surface area contributed by atoms with E-state index in [1.807, 2.05) is 52.0 Å². The number of aliphatic hydroxyl groups is 1. The van der Waals surface area contributed by atoms with Crippen LogP contribution in [-0.4, -0.2) is 21.4 Å². The van der Waals surface area contributed by atoms with Crippen molar-refractivity contribution in [2.45, 2.75) is 45.8 Å². The van der Waals surface area contributed by atoms with Crippen molar-refractivity contribution in [3.63, 3.8) is 0 Å². The van der Waals surface area contributed by atoms with Gasteiger partial charge in [-0.25, -0.2) is 9.36 Å². The predicted octanol–water partition coefficient (Wildman–Crippen LogP) is 4.63. The molecule has 0 fully saturated rings. The molecule has 114 valence electrons. The van der Waals surface area contributed by atoms with Crippen molar-refractivity contribution in [3.8, 4) is 0 Å². The second-order valence-corrected chi connectivity index (χ2v) is 6.75. The maximum absolute atomic E-state index is 12.5. The number of carbonyl (C=O) groups excluding carboxylic acids is 1. The number of hydrogen-bond acceptors (Lipinski definition) is 3. The first-order valence-electron chi connectivity index (χ1n) is 6.96. The van der Waals surface area contributed by atoms with Crippen LogP contribution in [0.2, 0.25) is 0 Å². The molecule has 0 bridgehead atoms. The molecule has 4 nitrogen and oxygen atoms in total. The Bertz CT molecular complexity index is 670. The molecule has 0 aliphatic carbocycles. The minimum Gasteiger partial charge on any atom is -0.443 e. The van der Waals surface area contributed by atoms with Gasteiger partial charge in [0, 0.05) is 9.86 Å². The molecule has 0 saturated carbocycles. The lowest BCUT2D eigenvalue weighted by Gasteiger charge is -2.22. The summed E-state index contributed by atoms with van der Waals surface area (Å²) in [5.74, 6) is 0. The molecule has 1 heterocycles. The van der Waals surface area contributed by atoms with E-state index in [9.17, 15) is 9.90 Å². The van der Waals surface area contributed by atoms with Gasteiger partial charge in [0.1, 0.15) is 5.60 Å². The quantitative estimate of drug-likeness (QED) is 0.855. The molecule has 0 saturated heterocycles. The van der Waals surface area contributed by atoms with Crippen LogP contribution >= 0.6 is 15.9 Å². The summed E-state index contributed by atoms with van der Waals surface area (Å²) >= 11 is 3.50. The molecule has 1 unspecified atom stereocenters. The molecule has 0 amide bonds. The van der Waals surface area contributed by atoms with Crippen molar-refractivity contribution in [1.82, 2.24) is 4.57 Å². The van der Waals surface area contributed by atoms with E-state index in [4.69, 9.17) is 4.74 Å². The molecule has 1 atom stereocenters. The number of aromatic nitrogens is 1. The minimum absolute atomic E-state index is 0.480. The third-order valence-electron chi connectivity index (χ3n) is 3.13. The summed E-state index contributed by atoms with van der Waals surface area (Å²) < 4.78 is 7.66. The highest BCUT2D eigenvalue weighted by atomic mass is 79.9. The molecular weight excluding hydrogens is 334 g/mol. The van der Waals surface area contributed by atoms with E-state index < -0.39 is 17.8 Å². The highest BCUT2D eigenvalue weighted by Gasteiger charge is 2.27. The number of hydrogen-bond donors (Lipinski definition) is 1. The third-order valence-corrected chi connectivity index (χ3v) is 3.96. The zero-order valence-corrected chi connectivity index (χ0v) is 14.3. The lowest BCUT2D eigenvalue weighted by atomic mass is 10.2. The standard InChI is InChI=1S/C16H20BrNO3/c1-5-12(19)14-13(17)10-8-6-7-9-11(10)18(14)15(20)21-16(2,3)4/h6-9,12,19H,5H2,1-4H3. The Morgan fingerprint density at radius 1 is 1.38 bits per heavy atom. The molecule has 1 N–H and O–H groups in total. The zero-order valence-electron chi connectivity index (χ0n) is 12.7. The average Bonchev–Trinajstić information content (AvgIpc) is 2.70. The Kier molecular flexibility index (Phi) is 4.44. The second-order valence-electron chi connectivity index (χ2n) is 5.96. The van der Waals surface area contributed by atoms with E-state index in [2.05, 4.69) is 15.9 Å². The molecular formula is C16H20BrNO3. The number of nitrogens with zero attached hydrogens (tertiary/aromatic N) is 1. The minimum atomic E-state index is -0.737. The number of rotatable bonds is 2. The fourth-order valence-corrected chi connectivity index (χ4v) is 2.99. The Morgan fingerprint density at radius 3 is 2.57 bits per heavy atom. The Morgan fingerprint density at radius 2 is 2.00 bits per heavy atom. The van der Waals surface area contributed by atoms with Gasteiger partial charge in [0.25, 0.3) is 0 Å². The van der Waals surface area contributed by atoms with Crippen molar-refractivity contribution in [2.24, 2.45) is 0 Å². The monoisotopic (exact) mass is 353 g/mol. The van der Waals surface area contributed by atoms with Gasteiger partial charge >= 0.3 is 6.09 Å². The van der Waals surface area contributed by atoms with Gasteiger partial charge in [0.15, 0.2) is 0 Å². The van der Waals surface area contributed by atoms with E-state index >= 15 is 0 Å². The van der Waals surface area contributed by atoms with Gasteiger partial charge in [0.2, 0.25) is 0 Å². The van der Waals surface area contributed by atoms with Crippen LogP contribution < -0.4 is 0 Å². The lowest BCUT2D eigenvalue weighted by Crippen LogP contribution is -2.28. The maximum Gasteiger partial charge on any atom is 0.419 e. The van der Waals surface area contributed by atoms with Crippen LogP contribution in [0, 0.1) is 0 Å². The van der Waals surface area contributed by atoms with Gasteiger partial charge in [0.05, 0.1) is 17.3 Å². The maximum atomic E-state index is 12.5. The van der Waals surface area contributed by atoms with E-state index in [1.165, 1.54) is 4.57 Å². The highest BCUT2D eigenvalue weighted by Crippen LogP contribution is 2.36. The van der Waals surface area contributed by atoms with Crippen LogP contribution in [0.25, 0.3) is 10.9 Å². The van der Waals surface area contributed by atoms with Crippen LogP contribution in [-0.2, 0) is 4.74 Å². The number of ether oxygens (including phenoxy) is 1. The summed E-state index contributed by atoms with van der Waals surface area (Å²) in [7, 11) is 0. The first kappa shape index (κ1) is 16.0. The summed E-state index contributed by atoms with van der Waals surface area (Å²) in [6, 6.07) is 7.51. The first-order valence-corrected chi connectivity index (χ1v) is 7.75. The number of halogens is 1. The summed E-state index contributed by atoms with van der Waals surface area (Å²) in [5.41, 5.74) is 0.665. The van der Waals surface area contributed by atoms with Crippen LogP contribution in [0.1, 0.15) is 45.9 Å². The van der Waals surface area contributed by atoms with Crippen LogP contribution in [0.3, 0.4) is 0 Å². The van der Waals surface area contributed by atoms with E-state index in [-0.39, 0.29) is 0 Å². The van der Waals surface area contributed by atoms with Crippen molar-refractivity contribution in [3.05, 3.63) is 34.4 Å². The second kappa shape index (κ2) is 5.81. The fourth-order valence-electron chi connectivity index (χ4n) is 2.21. The molecule has 5 heteroatoms.